The van der Waals surface area contributed by atoms with Crippen molar-refractivity contribution in [1.29, 1.82) is 0 Å². The van der Waals surface area contributed by atoms with E-state index in [1.165, 1.54) is 0 Å². The van der Waals surface area contributed by atoms with Crippen LogP contribution in [0.5, 0.6) is 11.5 Å². The Hall–Kier alpha value is -3.31. The van der Waals surface area contributed by atoms with Gasteiger partial charge in [-0.3, -0.25) is 0 Å². The molecular formula is C25H22O5. The molecule has 0 spiro atoms. The van der Waals surface area contributed by atoms with Gasteiger partial charge < -0.3 is 18.6 Å². The van der Waals surface area contributed by atoms with E-state index in [1.807, 2.05) is 54.6 Å². The maximum absolute atomic E-state index is 12.6. The number of hydrogen-bond acceptors (Lipinski definition) is 5. The highest BCUT2D eigenvalue weighted by atomic mass is 16.5. The van der Waals surface area contributed by atoms with Crippen LogP contribution in [0.25, 0.3) is 21.7 Å². The van der Waals surface area contributed by atoms with Gasteiger partial charge in [0.2, 0.25) is 0 Å². The summed E-state index contributed by atoms with van der Waals surface area (Å²) in [5, 5.41) is 2.21. The summed E-state index contributed by atoms with van der Waals surface area (Å²) in [5.74, 6) is 1.32. The topological polar surface area (TPSA) is 57.9 Å². The molecule has 0 bridgehead atoms. The summed E-state index contributed by atoms with van der Waals surface area (Å²) >= 11 is 0. The molecule has 1 unspecified atom stereocenters. The minimum absolute atomic E-state index is 0.0213. The number of rotatable bonds is 5. The van der Waals surface area contributed by atoms with Gasteiger partial charge in [-0.2, -0.15) is 0 Å². The van der Waals surface area contributed by atoms with Crippen LogP contribution in [0.3, 0.4) is 0 Å². The van der Waals surface area contributed by atoms with Crippen LogP contribution in [0, 0.1) is 0 Å². The lowest BCUT2D eigenvalue weighted by Crippen LogP contribution is -2.28. The molecule has 5 heteroatoms. The molecule has 0 saturated carbocycles. The van der Waals surface area contributed by atoms with Crippen molar-refractivity contribution >= 4 is 21.7 Å². The second-order valence-electron chi connectivity index (χ2n) is 7.49. The normalized spacial score (nSPS) is 16.6. The average molecular weight is 402 g/mol. The Morgan fingerprint density at radius 3 is 2.57 bits per heavy atom. The fourth-order valence-electron chi connectivity index (χ4n) is 3.79. The van der Waals surface area contributed by atoms with E-state index in [-0.39, 0.29) is 11.7 Å². The van der Waals surface area contributed by atoms with Gasteiger partial charge in [0, 0.05) is 23.4 Å². The molecule has 0 aliphatic carbocycles. The maximum atomic E-state index is 12.6. The molecule has 5 rings (SSSR count). The zero-order valence-electron chi connectivity index (χ0n) is 16.5. The Labute approximate surface area is 173 Å². The van der Waals surface area contributed by atoms with Crippen molar-refractivity contribution < 1.29 is 18.6 Å². The highest BCUT2D eigenvalue weighted by molar-refractivity contribution is 6.04. The van der Waals surface area contributed by atoms with Gasteiger partial charge in [0.25, 0.3) is 0 Å². The first-order chi connectivity index (χ1) is 14.8. The number of ether oxygens (including phenoxy) is 3. The largest absolute Gasteiger partial charge is 0.489 e. The summed E-state index contributed by atoms with van der Waals surface area (Å²) in [6.07, 6.45) is 1.96. The Morgan fingerprint density at radius 2 is 1.73 bits per heavy atom. The zero-order chi connectivity index (χ0) is 20.3. The third kappa shape index (κ3) is 3.89. The van der Waals surface area contributed by atoms with Crippen LogP contribution in [-0.2, 0) is 11.3 Å². The molecule has 1 fully saturated rings. The van der Waals surface area contributed by atoms with Crippen molar-refractivity contribution in [2.75, 3.05) is 13.2 Å². The van der Waals surface area contributed by atoms with Crippen molar-refractivity contribution in [2.45, 2.75) is 25.6 Å². The molecule has 0 radical (unpaired) electrons. The molecule has 4 aromatic rings. The molecule has 1 aromatic heterocycles. The smallest absolute Gasteiger partial charge is 0.344 e. The summed E-state index contributed by atoms with van der Waals surface area (Å²) in [5.41, 5.74) is 1.20. The molecule has 2 heterocycles. The maximum Gasteiger partial charge on any atom is 0.344 e. The minimum Gasteiger partial charge on any atom is -0.489 e. The van der Waals surface area contributed by atoms with Gasteiger partial charge in [0.1, 0.15) is 29.8 Å². The van der Waals surface area contributed by atoms with Crippen LogP contribution in [-0.4, -0.2) is 19.3 Å². The molecule has 1 aliphatic heterocycles. The van der Waals surface area contributed by atoms with E-state index < -0.39 is 0 Å². The number of hydrogen-bond donors (Lipinski definition) is 0. The zero-order valence-corrected chi connectivity index (χ0v) is 16.5. The van der Waals surface area contributed by atoms with Gasteiger partial charge >= 0.3 is 5.63 Å². The molecule has 5 nitrogen and oxygen atoms in total. The predicted molar refractivity (Wildman–Crippen MR) is 115 cm³/mol. The lowest BCUT2D eigenvalue weighted by molar-refractivity contribution is 0.00748. The molecule has 3 aromatic carbocycles. The van der Waals surface area contributed by atoms with E-state index in [2.05, 4.69) is 0 Å². The fourth-order valence-corrected chi connectivity index (χ4v) is 3.79. The SMILES string of the molecule is O=c1oc2cc(OCc3ccccc3)ccc2c2ccc(OC3CCCOC3)cc12. The van der Waals surface area contributed by atoms with Crippen LogP contribution < -0.4 is 15.1 Å². The Bertz CT molecular complexity index is 1220. The van der Waals surface area contributed by atoms with E-state index in [0.717, 1.165) is 35.8 Å². The Morgan fingerprint density at radius 1 is 0.900 bits per heavy atom. The Balaban J connectivity index is 1.43. The van der Waals surface area contributed by atoms with Gasteiger partial charge in [-0.15, -0.1) is 0 Å². The van der Waals surface area contributed by atoms with Gasteiger partial charge in [0.15, 0.2) is 0 Å². The first-order valence-corrected chi connectivity index (χ1v) is 10.2. The van der Waals surface area contributed by atoms with E-state index in [1.54, 1.807) is 12.1 Å². The van der Waals surface area contributed by atoms with E-state index in [4.69, 9.17) is 18.6 Å². The summed E-state index contributed by atoms with van der Waals surface area (Å²) < 4.78 is 22.9. The number of benzene rings is 3. The third-order valence-corrected chi connectivity index (χ3v) is 5.33. The van der Waals surface area contributed by atoms with Crippen molar-refractivity contribution in [2.24, 2.45) is 0 Å². The lowest BCUT2D eigenvalue weighted by atomic mass is 10.1. The van der Waals surface area contributed by atoms with Crippen LogP contribution >= 0.6 is 0 Å². The molecule has 152 valence electrons. The molecule has 1 atom stereocenters. The first kappa shape index (κ1) is 18.7. The molecule has 1 saturated heterocycles. The standard InChI is InChI=1S/C25H22O5/c26-25-23-13-19(29-20-7-4-12-27-16-20)9-10-21(23)22-11-8-18(14-24(22)30-25)28-15-17-5-2-1-3-6-17/h1-3,5-6,8-11,13-14,20H,4,7,12,15-16H2. The van der Waals surface area contributed by atoms with Gasteiger partial charge in [-0.25, -0.2) is 4.79 Å². The van der Waals surface area contributed by atoms with Crippen molar-refractivity contribution in [3.63, 3.8) is 0 Å². The average Bonchev–Trinajstić information content (AvgIpc) is 2.79. The van der Waals surface area contributed by atoms with Gasteiger partial charge in [-0.1, -0.05) is 30.3 Å². The van der Waals surface area contributed by atoms with Crippen molar-refractivity contribution in [1.82, 2.24) is 0 Å². The summed E-state index contributed by atoms with van der Waals surface area (Å²) in [6.45, 7) is 1.82. The van der Waals surface area contributed by atoms with Crippen LogP contribution in [0.1, 0.15) is 18.4 Å². The Kier molecular flexibility index (Phi) is 5.11. The minimum atomic E-state index is -0.386. The van der Waals surface area contributed by atoms with Crippen molar-refractivity contribution in [3.8, 4) is 11.5 Å². The molecule has 0 amide bonds. The predicted octanol–water partition coefficient (Wildman–Crippen LogP) is 5.08. The highest BCUT2D eigenvalue weighted by Gasteiger charge is 2.16. The summed E-state index contributed by atoms with van der Waals surface area (Å²) in [6, 6.07) is 21.1. The fraction of sp³-hybridized carbons (Fsp3) is 0.240. The molecular weight excluding hydrogens is 380 g/mol. The number of fused-ring (bicyclic) bond motifs is 3. The van der Waals surface area contributed by atoms with Gasteiger partial charge in [0.05, 0.1) is 12.0 Å². The quantitative estimate of drug-likeness (QED) is 0.344. The molecule has 0 N–H and O–H groups in total. The first-order valence-electron chi connectivity index (χ1n) is 10.2. The second-order valence-corrected chi connectivity index (χ2v) is 7.49. The van der Waals surface area contributed by atoms with Gasteiger partial charge in [-0.05, 0) is 48.7 Å². The summed E-state index contributed by atoms with van der Waals surface area (Å²) in [7, 11) is 0. The van der Waals surface area contributed by atoms with Crippen LogP contribution in [0.4, 0.5) is 0 Å². The second kappa shape index (κ2) is 8.20. The third-order valence-electron chi connectivity index (χ3n) is 5.33. The van der Waals surface area contributed by atoms with E-state index in [0.29, 0.717) is 35.7 Å². The monoisotopic (exact) mass is 402 g/mol. The van der Waals surface area contributed by atoms with Crippen LogP contribution in [0.15, 0.2) is 75.9 Å². The summed E-state index contributed by atoms with van der Waals surface area (Å²) in [4.78, 5) is 12.6. The highest BCUT2D eigenvalue weighted by Crippen LogP contribution is 2.29. The molecule has 1 aliphatic rings. The molecule has 30 heavy (non-hydrogen) atoms. The lowest BCUT2D eigenvalue weighted by Gasteiger charge is -2.23. The van der Waals surface area contributed by atoms with Crippen LogP contribution in [0.2, 0.25) is 0 Å². The van der Waals surface area contributed by atoms with Crippen molar-refractivity contribution in [3.05, 3.63) is 82.7 Å². The van der Waals surface area contributed by atoms with E-state index in [9.17, 15) is 4.79 Å². The van der Waals surface area contributed by atoms with E-state index >= 15 is 0 Å².